The molecule has 1 heterocycles. The van der Waals surface area contributed by atoms with E-state index >= 15 is 0 Å². The topological polar surface area (TPSA) is 136 Å². The molecule has 4 N–H and O–H groups in total. The summed E-state index contributed by atoms with van der Waals surface area (Å²) >= 11 is 0. The molecule has 3 rings (SSSR count). The van der Waals surface area contributed by atoms with Gasteiger partial charge in [-0.15, -0.1) is 0 Å². The summed E-state index contributed by atoms with van der Waals surface area (Å²) in [7, 11) is 1.32. The Morgan fingerprint density at radius 2 is 1.93 bits per heavy atom. The van der Waals surface area contributed by atoms with Crippen LogP contribution in [0.2, 0.25) is 0 Å². The van der Waals surface area contributed by atoms with E-state index in [1.807, 2.05) is 0 Å². The average Bonchev–Trinajstić information content (AvgIpc) is 3.13. The first kappa shape index (κ1) is 20.6. The second-order valence-corrected chi connectivity index (χ2v) is 5.97. The highest BCUT2D eigenvalue weighted by Crippen LogP contribution is 2.41. The van der Waals surface area contributed by atoms with Crippen molar-refractivity contribution in [2.45, 2.75) is 6.18 Å². The minimum Gasteiger partial charge on any atom is -0.448 e. The Kier molecular flexibility index (Phi) is 5.32. The van der Waals surface area contributed by atoms with E-state index in [9.17, 15) is 28.1 Å². The second-order valence-electron chi connectivity index (χ2n) is 5.97. The number of amides is 1. The maximum Gasteiger partial charge on any atom is 0.417 e. The molecule has 12 heteroatoms. The summed E-state index contributed by atoms with van der Waals surface area (Å²) in [5.41, 5.74) is 3.63. The summed E-state index contributed by atoms with van der Waals surface area (Å²) in [5.74, 6) is -1.36. The first-order valence-corrected chi connectivity index (χ1v) is 8.29. The van der Waals surface area contributed by atoms with Crippen LogP contribution in [0.25, 0.3) is 10.9 Å². The van der Waals surface area contributed by atoms with Crippen LogP contribution in [0.1, 0.15) is 16.1 Å². The van der Waals surface area contributed by atoms with Gasteiger partial charge in [-0.05, 0) is 24.3 Å². The molecule has 3 aromatic rings. The molecule has 2 aromatic carbocycles. The number of guanidine groups is 1. The number of para-hydroxylation sites is 2. The van der Waals surface area contributed by atoms with Crippen LogP contribution in [0.4, 0.5) is 18.9 Å². The fourth-order valence-electron chi connectivity index (χ4n) is 2.70. The summed E-state index contributed by atoms with van der Waals surface area (Å²) in [6.07, 6.45) is -4.71. The number of benzene rings is 2. The fourth-order valence-corrected chi connectivity index (χ4v) is 2.70. The number of aromatic amines is 1. The number of fused-ring (bicyclic) bond motifs is 1. The molecule has 0 spiro atoms. The van der Waals surface area contributed by atoms with Crippen molar-refractivity contribution in [2.24, 2.45) is 10.7 Å². The fraction of sp³-hybridized carbons (Fsp3) is 0.111. The molecule has 1 aromatic heterocycles. The number of nitrogens with one attached hydrogen (secondary N) is 2. The molecule has 0 unspecified atom stereocenters. The minimum absolute atomic E-state index is 0.136. The van der Waals surface area contributed by atoms with E-state index < -0.39 is 22.6 Å². The number of rotatable bonds is 4. The normalized spacial score (nSPS) is 12.1. The van der Waals surface area contributed by atoms with Crippen LogP contribution in [0, 0.1) is 10.1 Å². The van der Waals surface area contributed by atoms with Gasteiger partial charge in [0, 0.05) is 18.5 Å². The number of nitro groups is 1. The molecule has 0 fully saturated rings. The summed E-state index contributed by atoms with van der Waals surface area (Å²) in [6.45, 7) is 0. The number of nitrogens with zero attached hydrogens (tertiary/aromatic N) is 2. The van der Waals surface area contributed by atoms with Gasteiger partial charge >= 0.3 is 11.9 Å². The van der Waals surface area contributed by atoms with Gasteiger partial charge in [-0.1, -0.05) is 12.1 Å². The van der Waals surface area contributed by atoms with Gasteiger partial charge in [-0.3, -0.25) is 25.2 Å². The molecule has 30 heavy (non-hydrogen) atoms. The van der Waals surface area contributed by atoms with E-state index in [2.05, 4.69) is 15.3 Å². The molecule has 9 nitrogen and oxygen atoms in total. The zero-order valence-corrected chi connectivity index (χ0v) is 15.3. The van der Waals surface area contributed by atoms with Crippen LogP contribution in [0.5, 0.6) is 11.5 Å². The van der Waals surface area contributed by atoms with Crippen LogP contribution in [0.15, 0.2) is 47.5 Å². The van der Waals surface area contributed by atoms with Crippen LogP contribution in [0.3, 0.4) is 0 Å². The third-order valence-corrected chi connectivity index (χ3v) is 4.07. The van der Waals surface area contributed by atoms with Gasteiger partial charge in [0.25, 0.3) is 5.91 Å². The zero-order chi connectivity index (χ0) is 22.1. The lowest BCUT2D eigenvalue weighted by molar-refractivity contribution is -0.385. The molecule has 156 valence electrons. The number of carbonyl (C=O) groups is 1. The third kappa shape index (κ3) is 4.01. The van der Waals surface area contributed by atoms with Crippen molar-refractivity contribution in [3.8, 4) is 11.5 Å². The summed E-state index contributed by atoms with van der Waals surface area (Å²) in [4.78, 5) is 28.8. The number of alkyl halides is 3. The van der Waals surface area contributed by atoms with E-state index in [1.54, 1.807) is 0 Å². The Hall–Kier alpha value is -4.09. The van der Waals surface area contributed by atoms with Crippen LogP contribution < -0.4 is 15.8 Å². The lowest BCUT2D eigenvalue weighted by Crippen LogP contribution is -2.36. The lowest BCUT2D eigenvalue weighted by atomic mass is 10.1. The molecule has 0 saturated heterocycles. The number of carbonyl (C=O) groups excluding carboxylic acids is 1. The smallest absolute Gasteiger partial charge is 0.417 e. The van der Waals surface area contributed by atoms with E-state index in [0.717, 1.165) is 18.2 Å². The van der Waals surface area contributed by atoms with E-state index in [4.69, 9.17) is 10.5 Å². The van der Waals surface area contributed by atoms with Crippen molar-refractivity contribution < 1.29 is 27.6 Å². The van der Waals surface area contributed by atoms with Crippen molar-refractivity contribution in [3.63, 3.8) is 0 Å². The number of aliphatic imine (C=N–C) groups is 1. The van der Waals surface area contributed by atoms with Gasteiger partial charge in [0.15, 0.2) is 11.7 Å². The Morgan fingerprint density at radius 3 is 2.57 bits per heavy atom. The number of aromatic nitrogens is 1. The van der Waals surface area contributed by atoms with Gasteiger partial charge in [0.05, 0.1) is 16.0 Å². The Bertz CT molecular complexity index is 1170. The lowest BCUT2D eigenvalue weighted by Gasteiger charge is -2.11. The maximum absolute atomic E-state index is 13.4. The van der Waals surface area contributed by atoms with Crippen LogP contribution >= 0.6 is 0 Å². The van der Waals surface area contributed by atoms with E-state index in [-0.39, 0.29) is 39.7 Å². The molecular formula is C18H14F3N5O4. The average molecular weight is 421 g/mol. The largest absolute Gasteiger partial charge is 0.448 e. The van der Waals surface area contributed by atoms with Gasteiger partial charge in [0.1, 0.15) is 5.69 Å². The van der Waals surface area contributed by atoms with Gasteiger partial charge in [-0.25, -0.2) is 0 Å². The molecule has 0 aliphatic heterocycles. The Morgan fingerprint density at radius 1 is 1.23 bits per heavy atom. The number of halogens is 3. The monoisotopic (exact) mass is 421 g/mol. The summed E-state index contributed by atoms with van der Waals surface area (Å²) < 4.78 is 45.8. The first-order valence-electron chi connectivity index (χ1n) is 8.29. The van der Waals surface area contributed by atoms with E-state index in [1.165, 1.54) is 31.3 Å². The highest BCUT2D eigenvalue weighted by molar-refractivity contribution is 6.07. The number of H-pyrrole nitrogens is 1. The maximum atomic E-state index is 13.4. The molecule has 0 radical (unpaired) electrons. The van der Waals surface area contributed by atoms with Crippen molar-refractivity contribution in [1.82, 2.24) is 10.3 Å². The second kappa shape index (κ2) is 7.73. The number of ether oxygens (including phenoxy) is 1. The minimum atomic E-state index is -4.71. The molecule has 0 bridgehead atoms. The predicted molar refractivity (Wildman–Crippen MR) is 101 cm³/mol. The van der Waals surface area contributed by atoms with Crippen molar-refractivity contribution in [2.75, 3.05) is 7.05 Å². The van der Waals surface area contributed by atoms with Gasteiger partial charge < -0.3 is 15.5 Å². The van der Waals surface area contributed by atoms with Gasteiger partial charge in [-0.2, -0.15) is 13.2 Å². The first-order chi connectivity index (χ1) is 14.1. The van der Waals surface area contributed by atoms with Crippen molar-refractivity contribution >= 4 is 28.5 Å². The summed E-state index contributed by atoms with van der Waals surface area (Å²) in [6, 6.07) is 8.16. The van der Waals surface area contributed by atoms with E-state index in [0.29, 0.717) is 0 Å². The number of nitrogens with two attached hydrogens (primary N) is 1. The van der Waals surface area contributed by atoms with Crippen LogP contribution in [-0.4, -0.2) is 28.8 Å². The molecule has 1 amide bonds. The molecular weight excluding hydrogens is 407 g/mol. The zero-order valence-electron chi connectivity index (χ0n) is 15.3. The highest BCUT2D eigenvalue weighted by atomic mass is 19.4. The SMILES string of the molecule is CN=C(N)NC(=O)c1cc2c(C(F)(F)F)ccc(Oc3ccccc3[N+](=O)[O-])c2[nH]1. The number of hydrogen-bond acceptors (Lipinski definition) is 5. The molecule has 0 aliphatic carbocycles. The highest BCUT2D eigenvalue weighted by Gasteiger charge is 2.34. The van der Waals surface area contributed by atoms with Crippen molar-refractivity contribution in [1.29, 1.82) is 0 Å². The number of hydrogen-bond donors (Lipinski definition) is 3. The Labute approximate surface area is 166 Å². The molecule has 0 atom stereocenters. The third-order valence-electron chi connectivity index (χ3n) is 4.07. The molecule has 0 saturated carbocycles. The molecule has 0 aliphatic rings. The van der Waals surface area contributed by atoms with Crippen LogP contribution in [-0.2, 0) is 6.18 Å². The van der Waals surface area contributed by atoms with Gasteiger partial charge in [0.2, 0.25) is 5.75 Å². The van der Waals surface area contributed by atoms with Crippen molar-refractivity contribution in [3.05, 3.63) is 63.8 Å². The number of nitro benzene ring substituents is 1. The quantitative estimate of drug-likeness (QED) is 0.256. The summed E-state index contributed by atoms with van der Waals surface area (Å²) in [5, 5.41) is 13.0. The standard InChI is InChI=1S/C18H14F3N5O4/c1-23-17(22)25-16(27)11-8-9-10(18(19,20)21)6-7-14(15(9)24-11)30-13-5-3-2-4-12(13)26(28)29/h2-8,24H,1H3,(H3,22,23,25,27). The predicted octanol–water partition coefficient (Wildman–Crippen LogP) is 3.56. The Balaban J connectivity index is 2.14.